The third kappa shape index (κ3) is 5.35. The predicted molar refractivity (Wildman–Crippen MR) is 84.1 cm³/mol. The fraction of sp³-hybridized carbons (Fsp3) is 0.500. The van der Waals surface area contributed by atoms with Gasteiger partial charge in [0.2, 0.25) is 0 Å². The van der Waals surface area contributed by atoms with E-state index in [4.69, 9.17) is 9.47 Å². The third-order valence-corrected chi connectivity index (χ3v) is 3.70. The molecule has 1 aromatic carbocycles. The molecule has 0 N–H and O–H groups in total. The molecule has 3 nitrogen and oxygen atoms in total. The van der Waals surface area contributed by atoms with Crippen LogP contribution in [0.5, 0.6) is 0 Å². The smallest absolute Gasteiger partial charge is 0.330 e. The minimum atomic E-state index is -0.308. The molecule has 21 heavy (non-hydrogen) atoms. The summed E-state index contributed by atoms with van der Waals surface area (Å²) in [6, 6.07) is 8.21. The molecular formula is C18H24O3. The van der Waals surface area contributed by atoms with E-state index in [-0.39, 0.29) is 12.1 Å². The monoisotopic (exact) mass is 288 g/mol. The summed E-state index contributed by atoms with van der Waals surface area (Å²) < 4.78 is 10.7. The van der Waals surface area contributed by atoms with Gasteiger partial charge in [-0.3, -0.25) is 0 Å². The highest BCUT2D eigenvalue weighted by Gasteiger charge is 2.15. The van der Waals surface area contributed by atoms with E-state index in [0.717, 1.165) is 31.4 Å². The van der Waals surface area contributed by atoms with Gasteiger partial charge in [-0.15, -0.1) is 0 Å². The summed E-state index contributed by atoms with van der Waals surface area (Å²) in [5, 5.41) is 0. The second kappa shape index (κ2) is 7.99. The third-order valence-electron chi connectivity index (χ3n) is 3.70. The van der Waals surface area contributed by atoms with Gasteiger partial charge in [0.15, 0.2) is 0 Å². The maximum Gasteiger partial charge on any atom is 0.330 e. The summed E-state index contributed by atoms with van der Waals surface area (Å²) >= 11 is 0. The lowest BCUT2D eigenvalue weighted by molar-refractivity contribution is -0.143. The fourth-order valence-electron chi connectivity index (χ4n) is 2.32. The number of hydrogen-bond donors (Lipinski definition) is 0. The van der Waals surface area contributed by atoms with Crippen molar-refractivity contribution in [3.05, 3.63) is 41.5 Å². The minimum Gasteiger partial charge on any atom is -0.460 e. The summed E-state index contributed by atoms with van der Waals surface area (Å²) in [5.41, 5.74) is 2.30. The zero-order chi connectivity index (χ0) is 15.1. The molecule has 0 bridgehead atoms. The van der Waals surface area contributed by atoms with Gasteiger partial charge in [0, 0.05) is 12.7 Å². The number of ether oxygens (including phenoxy) is 2. The van der Waals surface area contributed by atoms with Gasteiger partial charge in [0.25, 0.3) is 0 Å². The SMILES string of the molecule is CC(C)c1ccc(/C=C/C(=O)OCC2CCCCO2)cc1. The molecule has 0 radical (unpaired) electrons. The van der Waals surface area contributed by atoms with Crippen LogP contribution in [0.25, 0.3) is 6.08 Å². The Morgan fingerprint density at radius 1 is 1.33 bits per heavy atom. The summed E-state index contributed by atoms with van der Waals surface area (Å²) in [7, 11) is 0. The van der Waals surface area contributed by atoms with E-state index in [2.05, 4.69) is 26.0 Å². The molecule has 1 unspecified atom stereocenters. The van der Waals surface area contributed by atoms with E-state index in [1.54, 1.807) is 6.08 Å². The quantitative estimate of drug-likeness (QED) is 0.608. The Bertz CT molecular complexity index is 468. The molecular weight excluding hydrogens is 264 g/mol. The molecule has 0 amide bonds. The van der Waals surface area contributed by atoms with Gasteiger partial charge in [0.1, 0.15) is 6.61 Å². The Balaban J connectivity index is 1.78. The maximum atomic E-state index is 11.7. The molecule has 3 heteroatoms. The van der Waals surface area contributed by atoms with E-state index >= 15 is 0 Å². The van der Waals surface area contributed by atoms with Crippen LogP contribution in [0.4, 0.5) is 0 Å². The molecule has 2 rings (SSSR count). The first kappa shape index (κ1) is 15.8. The van der Waals surface area contributed by atoms with E-state index in [9.17, 15) is 4.79 Å². The summed E-state index contributed by atoms with van der Waals surface area (Å²) in [6.07, 6.45) is 6.58. The Morgan fingerprint density at radius 2 is 2.10 bits per heavy atom. The Kier molecular flexibility index (Phi) is 6.00. The molecule has 0 saturated carbocycles. The molecule has 1 aliphatic rings. The van der Waals surface area contributed by atoms with Crippen LogP contribution in [0.15, 0.2) is 30.3 Å². The number of carbonyl (C=O) groups excluding carboxylic acids is 1. The Labute approximate surface area is 127 Å². The molecule has 114 valence electrons. The lowest BCUT2D eigenvalue weighted by Crippen LogP contribution is -2.25. The summed E-state index contributed by atoms with van der Waals surface area (Å²) in [5.74, 6) is 0.209. The van der Waals surface area contributed by atoms with Gasteiger partial charge in [-0.1, -0.05) is 38.1 Å². The van der Waals surface area contributed by atoms with Gasteiger partial charge in [-0.2, -0.15) is 0 Å². The largest absolute Gasteiger partial charge is 0.460 e. The van der Waals surface area contributed by atoms with Crippen molar-refractivity contribution in [1.82, 2.24) is 0 Å². The zero-order valence-electron chi connectivity index (χ0n) is 12.9. The highest BCUT2D eigenvalue weighted by atomic mass is 16.6. The Morgan fingerprint density at radius 3 is 2.71 bits per heavy atom. The van der Waals surface area contributed by atoms with Gasteiger partial charge in [0.05, 0.1) is 6.10 Å². The first-order valence-corrected chi connectivity index (χ1v) is 7.71. The van der Waals surface area contributed by atoms with Crippen LogP contribution < -0.4 is 0 Å². The second-order valence-corrected chi connectivity index (χ2v) is 5.77. The normalized spacial score (nSPS) is 19.1. The molecule has 1 saturated heterocycles. The number of hydrogen-bond acceptors (Lipinski definition) is 3. The van der Waals surface area contributed by atoms with Crippen molar-refractivity contribution < 1.29 is 14.3 Å². The first-order valence-electron chi connectivity index (χ1n) is 7.71. The summed E-state index contributed by atoms with van der Waals surface area (Å²) in [6.45, 7) is 5.46. The average molecular weight is 288 g/mol. The lowest BCUT2D eigenvalue weighted by Gasteiger charge is -2.21. The first-order chi connectivity index (χ1) is 10.1. The molecule has 1 aliphatic heterocycles. The number of benzene rings is 1. The van der Waals surface area contributed by atoms with E-state index in [1.165, 1.54) is 11.6 Å². The zero-order valence-corrected chi connectivity index (χ0v) is 12.9. The number of rotatable bonds is 5. The van der Waals surface area contributed by atoms with Crippen LogP contribution in [0, 0.1) is 0 Å². The predicted octanol–water partition coefficient (Wildman–Crippen LogP) is 3.94. The van der Waals surface area contributed by atoms with Gasteiger partial charge >= 0.3 is 5.97 Å². The van der Waals surface area contributed by atoms with Crippen molar-refractivity contribution in [2.24, 2.45) is 0 Å². The standard InChI is InChI=1S/C18H24O3/c1-14(2)16-9-6-15(7-10-16)8-11-18(19)21-13-17-5-3-4-12-20-17/h6-11,14,17H,3-5,12-13H2,1-2H3/b11-8+. The highest BCUT2D eigenvalue weighted by molar-refractivity contribution is 5.87. The maximum absolute atomic E-state index is 11.7. The molecule has 1 heterocycles. The molecule has 1 atom stereocenters. The van der Waals surface area contributed by atoms with Crippen molar-refractivity contribution >= 4 is 12.0 Å². The van der Waals surface area contributed by atoms with Gasteiger partial charge in [-0.05, 0) is 42.4 Å². The van der Waals surface area contributed by atoms with Crippen LogP contribution in [-0.2, 0) is 14.3 Å². The molecule has 1 fully saturated rings. The van der Waals surface area contributed by atoms with Crippen LogP contribution in [0.2, 0.25) is 0 Å². The van der Waals surface area contributed by atoms with Crippen molar-refractivity contribution in [2.45, 2.75) is 45.1 Å². The second-order valence-electron chi connectivity index (χ2n) is 5.77. The topological polar surface area (TPSA) is 35.5 Å². The molecule has 0 aliphatic carbocycles. The highest BCUT2D eigenvalue weighted by Crippen LogP contribution is 2.15. The van der Waals surface area contributed by atoms with Crippen LogP contribution in [-0.4, -0.2) is 25.3 Å². The van der Waals surface area contributed by atoms with E-state index < -0.39 is 0 Å². The van der Waals surface area contributed by atoms with Crippen molar-refractivity contribution in [2.75, 3.05) is 13.2 Å². The van der Waals surface area contributed by atoms with E-state index in [1.807, 2.05) is 12.1 Å². The van der Waals surface area contributed by atoms with Gasteiger partial charge < -0.3 is 9.47 Å². The number of esters is 1. The molecule has 0 spiro atoms. The van der Waals surface area contributed by atoms with Crippen molar-refractivity contribution in [3.8, 4) is 0 Å². The van der Waals surface area contributed by atoms with Crippen LogP contribution in [0.1, 0.15) is 50.2 Å². The number of carbonyl (C=O) groups is 1. The lowest BCUT2D eigenvalue weighted by atomic mass is 10.0. The molecule has 1 aromatic rings. The van der Waals surface area contributed by atoms with Crippen LogP contribution >= 0.6 is 0 Å². The van der Waals surface area contributed by atoms with Crippen LogP contribution in [0.3, 0.4) is 0 Å². The van der Waals surface area contributed by atoms with Gasteiger partial charge in [-0.25, -0.2) is 4.79 Å². The Hall–Kier alpha value is -1.61. The summed E-state index contributed by atoms with van der Waals surface area (Å²) in [4.78, 5) is 11.7. The van der Waals surface area contributed by atoms with Crippen molar-refractivity contribution in [3.63, 3.8) is 0 Å². The minimum absolute atomic E-state index is 0.0708. The average Bonchev–Trinajstić information content (AvgIpc) is 2.52. The molecule has 0 aromatic heterocycles. The van der Waals surface area contributed by atoms with Crippen molar-refractivity contribution in [1.29, 1.82) is 0 Å². The van der Waals surface area contributed by atoms with E-state index in [0.29, 0.717) is 12.5 Å². The fourth-order valence-corrected chi connectivity index (χ4v) is 2.32.